The Morgan fingerprint density at radius 2 is 1.53 bits per heavy atom. The van der Waals surface area contributed by atoms with Gasteiger partial charge in [-0.1, -0.05) is 36.4 Å². The van der Waals surface area contributed by atoms with E-state index in [0.29, 0.717) is 5.75 Å². The van der Waals surface area contributed by atoms with Crippen LogP contribution in [0.1, 0.15) is 0 Å². The van der Waals surface area contributed by atoms with Crippen molar-refractivity contribution < 1.29 is 9.53 Å². The monoisotopic (exact) mass is 221 g/mol. The molecule has 3 aromatic rings. The molecule has 2 heteroatoms. The van der Waals surface area contributed by atoms with E-state index in [9.17, 15) is 4.79 Å². The van der Waals surface area contributed by atoms with Gasteiger partial charge < -0.3 is 4.74 Å². The molecule has 0 atom stereocenters. The summed E-state index contributed by atoms with van der Waals surface area (Å²) in [7, 11) is 0. The molecule has 0 aliphatic carbocycles. The van der Waals surface area contributed by atoms with E-state index in [-0.39, 0.29) is 0 Å². The van der Waals surface area contributed by atoms with Crippen molar-refractivity contribution in [3.05, 3.63) is 54.6 Å². The van der Waals surface area contributed by atoms with E-state index >= 15 is 0 Å². The van der Waals surface area contributed by atoms with Crippen molar-refractivity contribution >= 4 is 28.0 Å². The van der Waals surface area contributed by atoms with Gasteiger partial charge in [-0.3, -0.25) is 0 Å². The van der Waals surface area contributed by atoms with Crippen LogP contribution in [0.4, 0.5) is 0 Å². The molecule has 0 spiro atoms. The number of hydrogen-bond donors (Lipinski definition) is 0. The Hall–Kier alpha value is -2.35. The molecule has 81 valence electrons. The summed E-state index contributed by atoms with van der Waals surface area (Å²) in [5.41, 5.74) is 0. The van der Waals surface area contributed by atoms with Crippen molar-refractivity contribution in [1.82, 2.24) is 0 Å². The van der Waals surface area contributed by atoms with Crippen LogP contribution < -0.4 is 4.74 Å². The molecule has 0 aliphatic rings. The Balaban J connectivity index is 2.39. The number of hydrogen-bond acceptors (Lipinski definition) is 2. The molecule has 0 bridgehead atoms. The lowest BCUT2D eigenvalue weighted by molar-refractivity contribution is 0.445. The minimum absolute atomic E-state index is 0.545. The number of carbonyl (C=O) groups excluding carboxylic acids is 1. The van der Waals surface area contributed by atoms with E-state index in [1.807, 2.05) is 36.4 Å². The molecule has 3 rings (SSSR count). The average Bonchev–Trinajstić information content (AvgIpc) is 2.37. The Morgan fingerprint density at radius 1 is 0.824 bits per heavy atom. The van der Waals surface area contributed by atoms with Crippen molar-refractivity contribution in [2.75, 3.05) is 0 Å². The van der Waals surface area contributed by atoms with Crippen molar-refractivity contribution in [3.63, 3.8) is 0 Å². The summed E-state index contributed by atoms with van der Waals surface area (Å²) in [4.78, 5) is 10.3. The summed E-state index contributed by atoms with van der Waals surface area (Å²) in [6.07, 6.45) is 0. The topological polar surface area (TPSA) is 26.3 Å². The van der Waals surface area contributed by atoms with Crippen LogP contribution in [0.3, 0.4) is 0 Å². The Morgan fingerprint density at radius 3 is 2.29 bits per heavy atom. The van der Waals surface area contributed by atoms with Gasteiger partial charge in [0.25, 0.3) is 0 Å². The highest BCUT2D eigenvalue weighted by atomic mass is 16.5. The normalized spacial score (nSPS) is 10.6. The standard InChI is InChI=1S/C15H9O2/c16-10-17-15-7-3-6-13-8-11-4-1-2-5-12(11)9-14(13)15/h1-9H. The van der Waals surface area contributed by atoms with E-state index in [1.54, 1.807) is 6.07 Å². The summed E-state index contributed by atoms with van der Waals surface area (Å²) >= 11 is 0. The van der Waals surface area contributed by atoms with Gasteiger partial charge in [-0.25, -0.2) is 4.79 Å². The third-order valence-electron chi connectivity index (χ3n) is 2.86. The summed E-state index contributed by atoms with van der Waals surface area (Å²) < 4.78 is 4.86. The molecule has 1 radical (unpaired) electrons. The van der Waals surface area contributed by atoms with E-state index in [4.69, 9.17) is 4.74 Å². The first-order valence-electron chi connectivity index (χ1n) is 5.34. The molecular formula is C15H9O2. The molecule has 0 aromatic heterocycles. The number of benzene rings is 3. The second-order valence-corrected chi connectivity index (χ2v) is 3.86. The van der Waals surface area contributed by atoms with Crippen LogP contribution in [0, 0.1) is 0 Å². The van der Waals surface area contributed by atoms with Gasteiger partial charge in [0.05, 0.1) is 0 Å². The molecular weight excluding hydrogens is 212 g/mol. The molecule has 3 aromatic carbocycles. The Labute approximate surface area is 98.4 Å². The molecule has 0 fully saturated rings. The van der Waals surface area contributed by atoms with Gasteiger partial charge in [0.15, 0.2) is 0 Å². The lowest BCUT2D eigenvalue weighted by atomic mass is 10.0. The second kappa shape index (κ2) is 3.91. The zero-order valence-corrected chi connectivity index (χ0v) is 9.01. The molecule has 0 amide bonds. The summed E-state index contributed by atoms with van der Waals surface area (Å²) in [5, 5.41) is 4.28. The fourth-order valence-corrected chi connectivity index (χ4v) is 2.07. The second-order valence-electron chi connectivity index (χ2n) is 3.86. The Bertz CT molecular complexity index is 701. The maximum Gasteiger partial charge on any atom is 0.423 e. The quantitative estimate of drug-likeness (QED) is 0.619. The minimum Gasteiger partial charge on any atom is -0.417 e. The highest BCUT2D eigenvalue weighted by Crippen LogP contribution is 2.29. The molecule has 0 N–H and O–H groups in total. The van der Waals surface area contributed by atoms with Gasteiger partial charge in [0, 0.05) is 5.39 Å². The highest BCUT2D eigenvalue weighted by molar-refractivity contribution is 6.01. The van der Waals surface area contributed by atoms with Crippen LogP contribution in [0.15, 0.2) is 54.6 Å². The molecule has 0 unspecified atom stereocenters. The number of ether oxygens (including phenoxy) is 1. The summed E-state index contributed by atoms with van der Waals surface area (Å²) in [6, 6.07) is 17.8. The smallest absolute Gasteiger partial charge is 0.417 e. The van der Waals surface area contributed by atoms with Crippen LogP contribution in [-0.2, 0) is 4.79 Å². The SMILES string of the molecule is O=[C]Oc1cccc2cc3ccccc3cc12. The first-order valence-corrected chi connectivity index (χ1v) is 5.34. The van der Waals surface area contributed by atoms with Gasteiger partial charge in [-0.05, 0) is 34.4 Å². The van der Waals surface area contributed by atoms with Gasteiger partial charge in [-0.15, -0.1) is 0 Å². The third kappa shape index (κ3) is 1.64. The average molecular weight is 221 g/mol. The third-order valence-corrected chi connectivity index (χ3v) is 2.86. The van der Waals surface area contributed by atoms with Gasteiger partial charge in [0.2, 0.25) is 0 Å². The van der Waals surface area contributed by atoms with Gasteiger partial charge >= 0.3 is 6.47 Å². The van der Waals surface area contributed by atoms with Crippen LogP contribution in [-0.4, -0.2) is 6.47 Å². The zero-order chi connectivity index (χ0) is 11.7. The van der Waals surface area contributed by atoms with Crippen molar-refractivity contribution in [1.29, 1.82) is 0 Å². The van der Waals surface area contributed by atoms with E-state index < -0.39 is 0 Å². The van der Waals surface area contributed by atoms with E-state index in [2.05, 4.69) is 12.1 Å². The number of rotatable bonds is 2. The van der Waals surface area contributed by atoms with Crippen LogP contribution >= 0.6 is 0 Å². The fourth-order valence-electron chi connectivity index (χ4n) is 2.07. The maximum atomic E-state index is 10.3. The zero-order valence-electron chi connectivity index (χ0n) is 9.01. The largest absolute Gasteiger partial charge is 0.423 e. The summed E-state index contributed by atoms with van der Waals surface area (Å²) in [6.45, 7) is 1.47. The summed E-state index contributed by atoms with van der Waals surface area (Å²) in [5.74, 6) is 0.545. The number of fused-ring (bicyclic) bond motifs is 2. The van der Waals surface area contributed by atoms with Crippen LogP contribution in [0.2, 0.25) is 0 Å². The first kappa shape index (κ1) is 9.85. The minimum atomic E-state index is 0.545. The van der Waals surface area contributed by atoms with Gasteiger partial charge in [-0.2, -0.15) is 0 Å². The molecule has 0 saturated heterocycles. The van der Waals surface area contributed by atoms with Crippen LogP contribution in [0.25, 0.3) is 21.5 Å². The molecule has 0 saturated carbocycles. The van der Waals surface area contributed by atoms with E-state index in [1.165, 1.54) is 11.9 Å². The van der Waals surface area contributed by atoms with Crippen LogP contribution in [0.5, 0.6) is 5.75 Å². The van der Waals surface area contributed by atoms with Crippen molar-refractivity contribution in [3.8, 4) is 5.75 Å². The first-order chi connectivity index (χ1) is 8.38. The molecule has 17 heavy (non-hydrogen) atoms. The molecule has 2 nitrogen and oxygen atoms in total. The van der Waals surface area contributed by atoms with Crippen molar-refractivity contribution in [2.24, 2.45) is 0 Å². The lowest BCUT2D eigenvalue weighted by Gasteiger charge is -2.05. The van der Waals surface area contributed by atoms with E-state index in [0.717, 1.165) is 16.2 Å². The maximum absolute atomic E-state index is 10.3. The molecule has 0 aliphatic heterocycles. The predicted octanol–water partition coefficient (Wildman–Crippen LogP) is 3.44. The van der Waals surface area contributed by atoms with Crippen molar-refractivity contribution in [2.45, 2.75) is 0 Å². The molecule has 0 heterocycles. The van der Waals surface area contributed by atoms with Gasteiger partial charge in [0.1, 0.15) is 5.75 Å². The highest BCUT2D eigenvalue weighted by Gasteiger charge is 2.03. The fraction of sp³-hybridized carbons (Fsp3) is 0. The Kier molecular flexibility index (Phi) is 2.26. The lowest BCUT2D eigenvalue weighted by Crippen LogP contribution is -1.89. The predicted molar refractivity (Wildman–Crippen MR) is 67.8 cm³/mol.